The lowest BCUT2D eigenvalue weighted by molar-refractivity contribution is -0.146. The van der Waals surface area contributed by atoms with Crippen LogP contribution in [0.2, 0.25) is 0 Å². The maximum atomic E-state index is 11.5. The monoisotopic (exact) mass is 386 g/mol. The lowest BCUT2D eigenvalue weighted by Gasteiger charge is -2.08. The van der Waals surface area contributed by atoms with E-state index in [1.165, 1.54) is 51.4 Å². The minimum atomic E-state index is -0.528. The molecule has 1 saturated heterocycles. The zero-order chi connectivity index (χ0) is 19.7. The maximum absolute atomic E-state index is 11.5. The normalized spacial score (nSPS) is 19.8. The van der Waals surface area contributed by atoms with Crippen molar-refractivity contribution in [1.29, 1.82) is 0 Å². The van der Waals surface area contributed by atoms with Crippen molar-refractivity contribution in [3.8, 4) is 0 Å². The average molecular weight is 387 g/mol. The van der Waals surface area contributed by atoms with Crippen LogP contribution in [0.1, 0.15) is 103 Å². The third kappa shape index (κ3) is 14.1. The molecule has 2 N–H and O–H groups in total. The summed E-state index contributed by atoms with van der Waals surface area (Å²) in [7, 11) is 0. The zero-order valence-electron chi connectivity index (χ0n) is 17.4. The number of carbonyl (C=O) groups excluding carboxylic acids is 1. The molecule has 0 aromatic heterocycles. The molecule has 27 heavy (non-hydrogen) atoms. The SMILES string of the molecule is CCC(O)COC(=O)CCCCCCCC1OC1CCCCCCCCO. The summed E-state index contributed by atoms with van der Waals surface area (Å²) in [6.45, 7) is 2.33. The lowest BCUT2D eigenvalue weighted by Crippen LogP contribution is -2.17. The second-order valence-electron chi connectivity index (χ2n) is 7.90. The molecule has 0 saturated carbocycles. The third-order valence-electron chi connectivity index (χ3n) is 5.36. The molecule has 1 rings (SSSR count). The first-order valence-corrected chi connectivity index (χ1v) is 11.3. The molecule has 0 aromatic carbocycles. The predicted molar refractivity (Wildman–Crippen MR) is 108 cm³/mol. The number of rotatable bonds is 19. The van der Waals surface area contributed by atoms with Crippen LogP contribution in [-0.2, 0) is 14.3 Å². The van der Waals surface area contributed by atoms with Crippen LogP contribution in [0.3, 0.4) is 0 Å². The van der Waals surface area contributed by atoms with Gasteiger partial charge < -0.3 is 19.7 Å². The van der Waals surface area contributed by atoms with Crippen LogP contribution in [0.4, 0.5) is 0 Å². The van der Waals surface area contributed by atoms with Crippen molar-refractivity contribution >= 4 is 5.97 Å². The smallest absolute Gasteiger partial charge is 0.305 e. The molecule has 5 heteroatoms. The van der Waals surface area contributed by atoms with Crippen molar-refractivity contribution in [2.24, 2.45) is 0 Å². The number of aliphatic hydroxyl groups excluding tert-OH is 2. The highest BCUT2D eigenvalue weighted by Gasteiger charge is 2.36. The van der Waals surface area contributed by atoms with Crippen LogP contribution >= 0.6 is 0 Å². The molecule has 0 aliphatic carbocycles. The first-order valence-electron chi connectivity index (χ1n) is 11.3. The molecule has 0 bridgehead atoms. The molecule has 0 spiro atoms. The maximum Gasteiger partial charge on any atom is 0.305 e. The Kier molecular flexibility index (Phi) is 14.7. The van der Waals surface area contributed by atoms with Gasteiger partial charge in [0.05, 0.1) is 18.3 Å². The Balaban J connectivity index is 1.79. The summed E-state index contributed by atoms with van der Waals surface area (Å²) in [5, 5.41) is 18.1. The second kappa shape index (κ2) is 16.3. The van der Waals surface area contributed by atoms with Gasteiger partial charge in [0, 0.05) is 13.0 Å². The molecule has 5 nitrogen and oxygen atoms in total. The first-order chi connectivity index (χ1) is 13.2. The highest BCUT2D eigenvalue weighted by atomic mass is 16.6. The fourth-order valence-corrected chi connectivity index (χ4v) is 3.38. The van der Waals surface area contributed by atoms with Crippen molar-refractivity contribution in [1.82, 2.24) is 0 Å². The van der Waals surface area contributed by atoms with Crippen molar-refractivity contribution in [2.45, 2.75) is 122 Å². The standard InChI is InChI=1S/C22H42O5/c1-2-19(24)18-26-22(25)16-12-8-5-7-11-15-21-20(27-21)14-10-6-3-4-9-13-17-23/h19-21,23-24H,2-18H2,1H3. The van der Waals surface area contributed by atoms with Crippen LogP contribution in [0.25, 0.3) is 0 Å². The summed E-state index contributed by atoms with van der Waals surface area (Å²) >= 11 is 0. The molecule has 160 valence electrons. The van der Waals surface area contributed by atoms with E-state index in [1.54, 1.807) is 0 Å². The Morgan fingerprint density at radius 3 is 1.96 bits per heavy atom. The van der Waals surface area contributed by atoms with Crippen LogP contribution in [0.15, 0.2) is 0 Å². The second-order valence-corrected chi connectivity index (χ2v) is 7.90. The molecule has 1 aliphatic heterocycles. The summed E-state index contributed by atoms with van der Waals surface area (Å²) in [5.41, 5.74) is 0. The Labute approximate surface area is 165 Å². The van der Waals surface area contributed by atoms with Gasteiger partial charge in [-0.05, 0) is 32.1 Å². The molecule has 0 amide bonds. The van der Waals surface area contributed by atoms with E-state index in [0.29, 0.717) is 31.7 Å². The quantitative estimate of drug-likeness (QED) is 0.194. The first kappa shape index (κ1) is 24.4. The van der Waals surface area contributed by atoms with Gasteiger partial charge in [0.15, 0.2) is 0 Å². The van der Waals surface area contributed by atoms with Crippen molar-refractivity contribution < 1.29 is 24.5 Å². The van der Waals surface area contributed by atoms with Gasteiger partial charge in [-0.15, -0.1) is 0 Å². The van der Waals surface area contributed by atoms with Crippen molar-refractivity contribution in [3.05, 3.63) is 0 Å². The van der Waals surface area contributed by atoms with Crippen LogP contribution in [-0.4, -0.2) is 47.7 Å². The average Bonchev–Trinajstić information content (AvgIpc) is 3.42. The van der Waals surface area contributed by atoms with Gasteiger partial charge in [0.1, 0.15) is 6.61 Å². The molecule has 0 aromatic rings. The molecular weight excluding hydrogens is 344 g/mol. The van der Waals surface area contributed by atoms with Gasteiger partial charge >= 0.3 is 5.97 Å². The molecule has 1 fully saturated rings. The predicted octanol–water partition coefficient (Wildman–Crippen LogP) is 4.52. The van der Waals surface area contributed by atoms with Crippen LogP contribution < -0.4 is 0 Å². The number of ether oxygens (including phenoxy) is 2. The molecule has 3 atom stereocenters. The van der Waals surface area contributed by atoms with E-state index < -0.39 is 6.10 Å². The summed E-state index contributed by atoms with van der Waals surface area (Å²) < 4.78 is 10.8. The topological polar surface area (TPSA) is 79.3 Å². The molecule has 0 radical (unpaired) electrons. The Morgan fingerprint density at radius 1 is 0.889 bits per heavy atom. The number of hydrogen-bond donors (Lipinski definition) is 2. The van der Waals surface area contributed by atoms with E-state index in [9.17, 15) is 9.90 Å². The summed E-state index contributed by atoms with van der Waals surface area (Å²) in [4.78, 5) is 11.5. The largest absolute Gasteiger partial charge is 0.463 e. The van der Waals surface area contributed by atoms with Gasteiger partial charge in [-0.3, -0.25) is 4.79 Å². The number of carbonyl (C=O) groups is 1. The number of epoxide rings is 1. The minimum Gasteiger partial charge on any atom is -0.463 e. The Hall–Kier alpha value is -0.650. The number of aliphatic hydroxyl groups is 2. The summed E-state index contributed by atoms with van der Waals surface area (Å²) in [6, 6.07) is 0. The van der Waals surface area contributed by atoms with Gasteiger partial charge in [-0.2, -0.15) is 0 Å². The van der Waals surface area contributed by atoms with Crippen molar-refractivity contribution in [3.63, 3.8) is 0 Å². The molecule has 1 heterocycles. The van der Waals surface area contributed by atoms with E-state index in [2.05, 4.69) is 0 Å². The van der Waals surface area contributed by atoms with E-state index in [-0.39, 0.29) is 12.6 Å². The molecule has 3 unspecified atom stereocenters. The number of esters is 1. The van der Waals surface area contributed by atoms with Crippen molar-refractivity contribution in [2.75, 3.05) is 13.2 Å². The summed E-state index contributed by atoms with van der Waals surface area (Å²) in [6.07, 6.45) is 16.7. The summed E-state index contributed by atoms with van der Waals surface area (Å²) in [5.74, 6) is -0.190. The molecule has 1 aliphatic rings. The highest BCUT2D eigenvalue weighted by Crippen LogP contribution is 2.31. The van der Waals surface area contributed by atoms with E-state index in [4.69, 9.17) is 14.6 Å². The van der Waals surface area contributed by atoms with Gasteiger partial charge in [0.25, 0.3) is 0 Å². The van der Waals surface area contributed by atoms with E-state index in [0.717, 1.165) is 32.1 Å². The fraction of sp³-hybridized carbons (Fsp3) is 0.955. The fourth-order valence-electron chi connectivity index (χ4n) is 3.38. The zero-order valence-corrected chi connectivity index (χ0v) is 17.4. The Bertz CT molecular complexity index is 361. The minimum absolute atomic E-state index is 0.127. The number of unbranched alkanes of at least 4 members (excludes halogenated alkanes) is 9. The lowest BCUT2D eigenvalue weighted by atomic mass is 10.0. The number of hydrogen-bond acceptors (Lipinski definition) is 5. The molecular formula is C22H42O5. The third-order valence-corrected chi connectivity index (χ3v) is 5.36. The van der Waals surface area contributed by atoms with Crippen LogP contribution in [0.5, 0.6) is 0 Å². The van der Waals surface area contributed by atoms with Gasteiger partial charge in [-0.25, -0.2) is 0 Å². The Morgan fingerprint density at radius 2 is 1.41 bits per heavy atom. The van der Waals surface area contributed by atoms with Gasteiger partial charge in [-0.1, -0.05) is 64.7 Å². The highest BCUT2D eigenvalue weighted by molar-refractivity contribution is 5.69. The van der Waals surface area contributed by atoms with Crippen LogP contribution in [0, 0.1) is 0 Å². The van der Waals surface area contributed by atoms with E-state index in [1.807, 2.05) is 6.92 Å². The van der Waals surface area contributed by atoms with E-state index >= 15 is 0 Å². The van der Waals surface area contributed by atoms with Gasteiger partial charge in [0.2, 0.25) is 0 Å².